The maximum absolute atomic E-state index is 12.1. The Morgan fingerprint density at radius 2 is 1.65 bits per heavy atom. The third-order valence-corrected chi connectivity index (χ3v) is 4.78. The zero-order valence-electron chi connectivity index (χ0n) is 15.1. The number of hydrogen-bond acceptors (Lipinski definition) is 3. The van der Waals surface area contributed by atoms with E-state index in [1.165, 1.54) is 0 Å². The Labute approximate surface area is 141 Å². The van der Waals surface area contributed by atoms with E-state index in [-0.39, 0.29) is 17.6 Å². The summed E-state index contributed by atoms with van der Waals surface area (Å²) in [5, 5.41) is 3.10. The number of hydrogen-bond donors (Lipinski definition) is 1. The van der Waals surface area contributed by atoms with Crippen molar-refractivity contribution in [2.75, 3.05) is 19.8 Å². The lowest BCUT2D eigenvalue weighted by Gasteiger charge is -2.27. The highest BCUT2D eigenvalue weighted by atomic mass is 16.5. The normalized spacial score (nSPS) is 21.1. The number of amides is 1. The van der Waals surface area contributed by atoms with Crippen LogP contribution in [0.15, 0.2) is 0 Å². The topological polar surface area (TPSA) is 55.4 Å². The van der Waals surface area contributed by atoms with E-state index in [4.69, 9.17) is 4.74 Å². The lowest BCUT2D eigenvalue weighted by molar-refractivity contribution is -0.126. The lowest BCUT2D eigenvalue weighted by Crippen LogP contribution is -2.34. The van der Waals surface area contributed by atoms with Crippen molar-refractivity contribution in [3.05, 3.63) is 0 Å². The maximum Gasteiger partial charge on any atom is 0.223 e. The molecule has 1 aliphatic carbocycles. The zero-order valence-corrected chi connectivity index (χ0v) is 15.1. The highest BCUT2D eigenvalue weighted by Gasteiger charge is 2.25. The third kappa shape index (κ3) is 9.75. The highest BCUT2D eigenvalue weighted by molar-refractivity contribution is 5.78. The molecule has 0 unspecified atom stereocenters. The summed E-state index contributed by atoms with van der Waals surface area (Å²) in [6.07, 6.45) is 10.4. The number of unbranched alkanes of at least 4 members (excludes halogenated alkanes) is 4. The number of Topliss-reactive ketones (excluding diaryl/α,β-unsaturated/α-hetero) is 1. The summed E-state index contributed by atoms with van der Waals surface area (Å²) in [5.41, 5.74) is 0. The minimum atomic E-state index is 0.212. The number of rotatable bonds is 12. The predicted molar refractivity (Wildman–Crippen MR) is 93.3 cm³/mol. The standard InChI is InChI=1S/C19H35NO3/c1-3-23-15-17-10-12-18(13-11-17)19(22)20-14-8-6-4-5-7-9-16(2)21/h17-18H,3-15H2,1-2H3,(H,20,22). The smallest absolute Gasteiger partial charge is 0.223 e. The van der Waals surface area contributed by atoms with Gasteiger partial charge < -0.3 is 14.8 Å². The van der Waals surface area contributed by atoms with Crippen molar-refractivity contribution < 1.29 is 14.3 Å². The van der Waals surface area contributed by atoms with E-state index in [9.17, 15) is 9.59 Å². The van der Waals surface area contributed by atoms with Crippen LogP contribution in [-0.4, -0.2) is 31.4 Å². The van der Waals surface area contributed by atoms with Crippen LogP contribution in [0.3, 0.4) is 0 Å². The van der Waals surface area contributed by atoms with E-state index in [1.807, 2.05) is 6.92 Å². The molecule has 0 saturated heterocycles. The second-order valence-corrected chi connectivity index (χ2v) is 6.89. The van der Waals surface area contributed by atoms with Gasteiger partial charge in [-0.3, -0.25) is 4.79 Å². The fourth-order valence-corrected chi connectivity index (χ4v) is 3.26. The van der Waals surface area contributed by atoms with Crippen molar-refractivity contribution in [3.8, 4) is 0 Å². The average molecular weight is 325 g/mol. The molecule has 0 aliphatic heterocycles. The Morgan fingerprint density at radius 3 is 2.30 bits per heavy atom. The third-order valence-electron chi connectivity index (χ3n) is 4.78. The minimum Gasteiger partial charge on any atom is -0.381 e. The quantitative estimate of drug-likeness (QED) is 0.554. The molecule has 1 amide bonds. The molecule has 1 aliphatic rings. The van der Waals surface area contributed by atoms with Gasteiger partial charge in [-0.15, -0.1) is 0 Å². The van der Waals surface area contributed by atoms with E-state index in [0.717, 1.165) is 77.5 Å². The van der Waals surface area contributed by atoms with Gasteiger partial charge in [0.15, 0.2) is 0 Å². The first-order valence-electron chi connectivity index (χ1n) is 9.48. The SMILES string of the molecule is CCOCC1CCC(C(=O)NCCCCCCCC(C)=O)CC1. The van der Waals surface area contributed by atoms with Gasteiger partial charge in [-0.05, 0) is 58.3 Å². The molecule has 0 aromatic rings. The van der Waals surface area contributed by atoms with Crippen molar-refractivity contribution in [2.45, 2.75) is 78.1 Å². The number of carbonyl (C=O) groups excluding carboxylic acids is 2. The van der Waals surface area contributed by atoms with E-state index in [2.05, 4.69) is 5.32 Å². The maximum atomic E-state index is 12.1. The fourth-order valence-electron chi connectivity index (χ4n) is 3.26. The lowest BCUT2D eigenvalue weighted by atomic mass is 9.82. The van der Waals surface area contributed by atoms with Crippen LogP contribution < -0.4 is 5.32 Å². The average Bonchev–Trinajstić information content (AvgIpc) is 2.55. The summed E-state index contributed by atoms with van der Waals surface area (Å²) in [4.78, 5) is 23.0. The van der Waals surface area contributed by atoms with Crippen LogP contribution in [0.4, 0.5) is 0 Å². The van der Waals surface area contributed by atoms with E-state index in [0.29, 0.717) is 12.3 Å². The minimum absolute atomic E-state index is 0.212. The molecule has 0 spiro atoms. The molecule has 0 bridgehead atoms. The van der Waals surface area contributed by atoms with Gasteiger partial charge in [0, 0.05) is 32.1 Å². The largest absolute Gasteiger partial charge is 0.381 e. The van der Waals surface area contributed by atoms with Crippen molar-refractivity contribution in [3.63, 3.8) is 0 Å². The van der Waals surface area contributed by atoms with Gasteiger partial charge >= 0.3 is 0 Å². The van der Waals surface area contributed by atoms with Crippen molar-refractivity contribution >= 4 is 11.7 Å². The monoisotopic (exact) mass is 325 g/mol. The molecule has 4 heteroatoms. The Bertz CT molecular complexity index is 336. The summed E-state index contributed by atoms with van der Waals surface area (Å²) in [5.74, 6) is 1.39. The van der Waals surface area contributed by atoms with Gasteiger partial charge in [0.25, 0.3) is 0 Å². The molecule has 23 heavy (non-hydrogen) atoms. The molecule has 0 heterocycles. The first kappa shape index (κ1) is 20.1. The van der Waals surface area contributed by atoms with E-state index >= 15 is 0 Å². The van der Waals surface area contributed by atoms with Crippen LogP contribution in [-0.2, 0) is 14.3 Å². The van der Waals surface area contributed by atoms with Gasteiger partial charge in [0.2, 0.25) is 5.91 Å². The van der Waals surface area contributed by atoms with Crippen molar-refractivity contribution in [2.24, 2.45) is 11.8 Å². The summed E-state index contributed by atoms with van der Waals surface area (Å²) in [6.45, 7) is 6.12. The molecule has 0 aromatic carbocycles. The molecule has 1 rings (SSSR count). The van der Waals surface area contributed by atoms with Crippen LogP contribution in [0.1, 0.15) is 78.1 Å². The number of nitrogens with one attached hydrogen (secondary N) is 1. The predicted octanol–water partition coefficient (Wildman–Crippen LogP) is 3.88. The van der Waals surface area contributed by atoms with Crippen LogP contribution in [0.2, 0.25) is 0 Å². The molecule has 1 fully saturated rings. The number of ketones is 1. The van der Waals surface area contributed by atoms with Gasteiger partial charge in [-0.25, -0.2) is 0 Å². The fraction of sp³-hybridized carbons (Fsp3) is 0.895. The van der Waals surface area contributed by atoms with E-state index in [1.54, 1.807) is 6.92 Å². The van der Waals surface area contributed by atoms with Gasteiger partial charge in [0.05, 0.1) is 0 Å². The zero-order chi connectivity index (χ0) is 16.9. The molecule has 4 nitrogen and oxygen atoms in total. The molecular weight excluding hydrogens is 290 g/mol. The first-order valence-corrected chi connectivity index (χ1v) is 9.48. The van der Waals surface area contributed by atoms with Crippen molar-refractivity contribution in [1.29, 1.82) is 0 Å². The molecule has 0 atom stereocenters. The molecular formula is C19H35NO3. The highest BCUT2D eigenvalue weighted by Crippen LogP contribution is 2.29. The molecule has 1 N–H and O–H groups in total. The molecule has 0 aromatic heterocycles. The molecule has 134 valence electrons. The van der Waals surface area contributed by atoms with Crippen LogP contribution in [0.25, 0.3) is 0 Å². The van der Waals surface area contributed by atoms with Crippen molar-refractivity contribution in [1.82, 2.24) is 5.32 Å². The Morgan fingerprint density at radius 1 is 1.00 bits per heavy atom. The van der Waals surface area contributed by atoms with Crippen LogP contribution >= 0.6 is 0 Å². The summed E-state index contributed by atoms with van der Waals surface area (Å²) < 4.78 is 5.48. The van der Waals surface area contributed by atoms with Crippen LogP contribution in [0, 0.1) is 11.8 Å². The van der Waals surface area contributed by atoms with Gasteiger partial charge in [-0.2, -0.15) is 0 Å². The summed E-state index contributed by atoms with van der Waals surface area (Å²) >= 11 is 0. The Hall–Kier alpha value is -0.900. The Balaban J connectivity index is 1.97. The molecule has 0 radical (unpaired) electrons. The van der Waals surface area contributed by atoms with Crippen LogP contribution in [0.5, 0.6) is 0 Å². The number of ether oxygens (including phenoxy) is 1. The second kappa shape index (κ2) is 12.5. The van der Waals surface area contributed by atoms with Gasteiger partial charge in [-0.1, -0.05) is 19.3 Å². The first-order chi connectivity index (χ1) is 11.1. The Kier molecular flexibility index (Phi) is 11.0. The second-order valence-electron chi connectivity index (χ2n) is 6.89. The van der Waals surface area contributed by atoms with E-state index < -0.39 is 0 Å². The molecule has 1 saturated carbocycles. The van der Waals surface area contributed by atoms with Gasteiger partial charge in [0.1, 0.15) is 5.78 Å². The number of carbonyl (C=O) groups is 2. The summed E-state index contributed by atoms with van der Waals surface area (Å²) in [6, 6.07) is 0. The summed E-state index contributed by atoms with van der Waals surface area (Å²) in [7, 11) is 0.